The van der Waals surface area contributed by atoms with Crippen LogP contribution in [0.4, 0.5) is 4.79 Å². The van der Waals surface area contributed by atoms with E-state index in [1.807, 2.05) is 7.05 Å². The summed E-state index contributed by atoms with van der Waals surface area (Å²) in [4.78, 5) is 18.9. The zero-order valence-corrected chi connectivity index (χ0v) is 14.4. The van der Waals surface area contributed by atoms with E-state index in [-0.39, 0.29) is 6.03 Å². The number of likely N-dealkylation sites (tertiary alicyclic amines) is 1. The lowest BCUT2D eigenvalue weighted by atomic mass is 9.54. The molecule has 1 N–H and O–H groups in total. The van der Waals surface area contributed by atoms with E-state index in [0.29, 0.717) is 30.3 Å². The molecular weight excluding hydrogens is 306 g/mol. The average molecular weight is 333 g/mol. The van der Waals surface area contributed by atoms with Crippen molar-refractivity contribution in [3.05, 3.63) is 12.2 Å². The quantitative estimate of drug-likeness (QED) is 0.903. The fourth-order valence-corrected chi connectivity index (χ4v) is 4.70. The largest absolute Gasteiger partial charge is 0.381 e. The Balaban J connectivity index is 1.33. The van der Waals surface area contributed by atoms with Crippen LogP contribution in [0.5, 0.6) is 0 Å². The van der Waals surface area contributed by atoms with Crippen LogP contribution in [0.2, 0.25) is 0 Å². The molecule has 132 valence electrons. The van der Waals surface area contributed by atoms with Crippen molar-refractivity contribution in [1.82, 2.24) is 25.0 Å². The fourth-order valence-electron chi connectivity index (χ4n) is 4.70. The molecule has 1 aromatic heterocycles. The number of amides is 2. The number of hydrogen-bond donors (Lipinski definition) is 1. The molecule has 1 unspecified atom stereocenters. The topological polar surface area (TPSA) is 72.3 Å². The van der Waals surface area contributed by atoms with Gasteiger partial charge in [0.25, 0.3) is 0 Å². The molecule has 1 atom stereocenters. The first kappa shape index (κ1) is 15.9. The third-order valence-electron chi connectivity index (χ3n) is 6.04. The monoisotopic (exact) mass is 333 g/mol. The molecular formula is C17H27N5O2. The molecule has 3 aliphatic rings. The number of aromatic nitrogens is 3. The zero-order chi connectivity index (χ0) is 16.6. The van der Waals surface area contributed by atoms with Gasteiger partial charge in [-0.2, -0.15) is 5.10 Å². The lowest BCUT2D eigenvalue weighted by molar-refractivity contribution is -0.137. The molecule has 1 spiro atoms. The fraction of sp³-hybridized carbons (Fsp3) is 0.824. The molecule has 0 radical (unpaired) electrons. The van der Waals surface area contributed by atoms with Gasteiger partial charge in [0.05, 0.1) is 0 Å². The highest BCUT2D eigenvalue weighted by atomic mass is 16.5. The van der Waals surface area contributed by atoms with E-state index < -0.39 is 0 Å². The molecule has 2 aliphatic heterocycles. The molecule has 7 nitrogen and oxygen atoms in total. The zero-order valence-electron chi connectivity index (χ0n) is 14.4. The first-order chi connectivity index (χ1) is 11.7. The van der Waals surface area contributed by atoms with Gasteiger partial charge in [-0.3, -0.25) is 4.68 Å². The molecule has 4 rings (SSSR count). The van der Waals surface area contributed by atoms with Crippen LogP contribution in [0.3, 0.4) is 0 Å². The summed E-state index contributed by atoms with van der Waals surface area (Å²) < 4.78 is 7.20. The summed E-state index contributed by atoms with van der Waals surface area (Å²) in [5.41, 5.74) is 0.419. The Hall–Kier alpha value is -1.63. The van der Waals surface area contributed by atoms with E-state index in [1.54, 1.807) is 11.0 Å². The molecule has 2 amide bonds. The van der Waals surface area contributed by atoms with E-state index in [0.717, 1.165) is 38.4 Å². The van der Waals surface area contributed by atoms with Crippen molar-refractivity contribution in [3.8, 4) is 0 Å². The number of aryl methyl sites for hydroxylation is 1. The van der Waals surface area contributed by atoms with Crippen LogP contribution >= 0.6 is 0 Å². The second-order valence-corrected chi connectivity index (χ2v) is 7.55. The lowest BCUT2D eigenvalue weighted by Gasteiger charge is -2.64. The summed E-state index contributed by atoms with van der Waals surface area (Å²) in [5.74, 6) is 1.38. The normalized spacial score (nSPS) is 26.0. The van der Waals surface area contributed by atoms with Crippen molar-refractivity contribution in [3.63, 3.8) is 0 Å². The average Bonchev–Trinajstić information content (AvgIpc) is 2.91. The van der Waals surface area contributed by atoms with E-state index in [2.05, 4.69) is 20.3 Å². The van der Waals surface area contributed by atoms with Crippen molar-refractivity contribution < 1.29 is 9.53 Å². The van der Waals surface area contributed by atoms with Crippen LogP contribution < -0.4 is 5.32 Å². The van der Waals surface area contributed by atoms with Gasteiger partial charge >= 0.3 is 6.03 Å². The first-order valence-electron chi connectivity index (χ1n) is 9.15. The highest BCUT2D eigenvalue weighted by molar-refractivity contribution is 5.76. The summed E-state index contributed by atoms with van der Waals surface area (Å²) in [6.07, 6.45) is 8.44. The Morgan fingerprint density at radius 1 is 1.42 bits per heavy atom. The Morgan fingerprint density at radius 2 is 2.21 bits per heavy atom. The Bertz CT molecular complexity index is 592. The van der Waals surface area contributed by atoms with E-state index in [4.69, 9.17) is 4.74 Å². The summed E-state index contributed by atoms with van der Waals surface area (Å²) in [6, 6.07) is 0.503. The smallest absolute Gasteiger partial charge is 0.317 e. The molecule has 2 saturated heterocycles. The van der Waals surface area contributed by atoms with Crippen molar-refractivity contribution in [2.24, 2.45) is 18.4 Å². The Morgan fingerprint density at radius 3 is 2.83 bits per heavy atom. The van der Waals surface area contributed by atoms with Crippen molar-refractivity contribution >= 4 is 6.03 Å². The number of nitrogens with one attached hydrogen (secondary N) is 1. The summed E-state index contributed by atoms with van der Waals surface area (Å²) >= 11 is 0. The molecule has 0 bridgehead atoms. The lowest BCUT2D eigenvalue weighted by Crippen LogP contribution is -2.72. The Labute approximate surface area is 142 Å². The SMILES string of the molecule is Cn1cnc(CCNC(=O)N2CC3(CCC3)C2C2CCOCC2)n1. The second kappa shape index (κ2) is 6.35. The molecule has 3 fully saturated rings. The number of hydrogen-bond acceptors (Lipinski definition) is 4. The van der Waals surface area contributed by atoms with Gasteiger partial charge in [-0.1, -0.05) is 6.42 Å². The molecule has 1 aliphatic carbocycles. The summed E-state index contributed by atoms with van der Waals surface area (Å²) in [7, 11) is 1.85. The van der Waals surface area contributed by atoms with Crippen LogP contribution in [0, 0.1) is 11.3 Å². The van der Waals surface area contributed by atoms with Crippen LogP contribution in [0.1, 0.15) is 37.9 Å². The molecule has 0 aromatic carbocycles. The number of carbonyl (C=O) groups is 1. The number of rotatable bonds is 4. The number of ether oxygens (including phenoxy) is 1. The maximum Gasteiger partial charge on any atom is 0.317 e. The molecule has 1 aromatic rings. The number of nitrogens with zero attached hydrogens (tertiary/aromatic N) is 4. The van der Waals surface area contributed by atoms with Gasteiger partial charge in [-0.05, 0) is 31.6 Å². The minimum atomic E-state index is 0.0833. The predicted molar refractivity (Wildman–Crippen MR) is 88.4 cm³/mol. The molecule has 24 heavy (non-hydrogen) atoms. The van der Waals surface area contributed by atoms with Crippen LogP contribution in [0.25, 0.3) is 0 Å². The summed E-state index contributed by atoms with van der Waals surface area (Å²) in [5, 5.41) is 7.31. The van der Waals surface area contributed by atoms with Gasteiger partial charge in [0.1, 0.15) is 6.33 Å². The maximum absolute atomic E-state index is 12.6. The van der Waals surface area contributed by atoms with Crippen molar-refractivity contribution in [2.45, 2.75) is 44.6 Å². The molecule has 3 heterocycles. The van der Waals surface area contributed by atoms with Gasteiger partial charge in [0.15, 0.2) is 5.82 Å². The minimum absolute atomic E-state index is 0.0833. The van der Waals surface area contributed by atoms with Gasteiger partial charge in [-0.25, -0.2) is 9.78 Å². The van der Waals surface area contributed by atoms with Crippen LogP contribution in [-0.4, -0.2) is 58.0 Å². The summed E-state index contributed by atoms with van der Waals surface area (Å²) in [6.45, 7) is 3.21. The van der Waals surface area contributed by atoms with E-state index in [1.165, 1.54) is 19.3 Å². The van der Waals surface area contributed by atoms with E-state index >= 15 is 0 Å². The second-order valence-electron chi connectivity index (χ2n) is 7.55. The molecule has 7 heteroatoms. The van der Waals surface area contributed by atoms with Crippen molar-refractivity contribution in [1.29, 1.82) is 0 Å². The van der Waals surface area contributed by atoms with Crippen LogP contribution in [0.15, 0.2) is 6.33 Å². The van der Waals surface area contributed by atoms with Gasteiger partial charge in [-0.15, -0.1) is 0 Å². The van der Waals surface area contributed by atoms with E-state index in [9.17, 15) is 4.79 Å². The van der Waals surface area contributed by atoms with Gasteiger partial charge in [0.2, 0.25) is 0 Å². The van der Waals surface area contributed by atoms with Crippen LogP contribution in [-0.2, 0) is 18.2 Å². The number of urea groups is 1. The maximum atomic E-state index is 12.6. The highest BCUT2D eigenvalue weighted by Gasteiger charge is 2.59. The molecule has 1 saturated carbocycles. The number of carbonyl (C=O) groups excluding carboxylic acids is 1. The Kier molecular flexibility index (Phi) is 4.20. The minimum Gasteiger partial charge on any atom is -0.381 e. The predicted octanol–water partition coefficient (Wildman–Crippen LogP) is 1.35. The highest BCUT2D eigenvalue weighted by Crippen LogP contribution is 2.56. The standard InChI is InChI=1S/C17H27N5O2/c1-21-12-19-14(20-21)3-8-18-16(23)22-11-17(6-2-7-17)15(22)13-4-9-24-10-5-13/h12-13,15H,2-11H2,1H3,(H,18,23). The van der Waals surface area contributed by atoms with Crippen molar-refractivity contribution in [2.75, 3.05) is 26.3 Å². The van der Waals surface area contributed by atoms with Gasteiger partial charge in [0, 0.05) is 51.2 Å². The van der Waals surface area contributed by atoms with Gasteiger partial charge < -0.3 is 15.0 Å². The first-order valence-corrected chi connectivity index (χ1v) is 9.15. The third kappa shape index (κ3) is 2.79. The third-order valence-corrected chi connectivity index (χ3v) is 6.04.